The second-order valence-corrected chi connectivity index (χ2v) is 6.13. The van der Waals surface area contributed by atoms with Crippen LogP contribution in [0, 0.1) is 17.0 Å². The number of rotatable bonds is 5. The fourth-order valence-corrected chi connectivity index (χ4v) is 3.03. The van der Waals surface area contributed by atoms with Crippen LogP contribution >= 0.6 is 0 Å². The summed E-state index contributed by atoms with van der Waals surface area (Å²) < 4.78 is 37.7. The van der Waals surface area contributed by atoms with Crippen molar-refractivity contribution in [3.05, 3.63) is 41.8 Å². The smallest absolute Gasteiger partial charge is 0.313 e. The lowest BCUT2D eigenvalue weighted by Gasteiger charge is -2.23. The van der Waals surface area contributed by atoms with E-state index >= 15 is 0 Å². The van der Waals surface area contributed by atoms with E-state index in [1.54, 1.807) is 0 Å². The molecule has 1 aromatic heterocycles. The van der Waals surface area contributed by atoms with Gasteiger partial charge in [0.1, 0.15) is 28.9 Å². The van der Waals surface area contributed by atoms with Gasteiger partial charge in [0.15, 0.2) is 5.69 Å². The fraction of sp³-hybridized carbons (Fsp3) is 0.353. The summed E-state index contributed by atoms with van der Waals surface area (Å²) in [5.41, 5.74) is -1.80. The van der Waals surface area contributed by atoms with E-state index in [9.17, 15) is 23.5 Å². The topological polar surface area (TPSA) is 92.9 Å². The van der Waals surface area contributed by atoms with E-state index in [4.69, 9.17) is 9.15 Å². The quantitative estimate of drug-likeness (QED) is 0.872. The van der Waals surface area contributed by atoms with Crippen LogP contribution in [0.3, 0.4) is 0 Å². The molecule has 1 aliphatic heterocycles. The number of carboxylic acids is 1. The summed E-state index contributed by atoms with van der Waals surface area (Å²) in [6.07, 6.45) is 1.23. The van der Waals surface area contributed by atoms with Crippen LogP contribution in [0.1, 0.15) is 16.9 Å². The number of hydrogen-bond donors (Lipinski definition) is 1. The minimum Gasteiger partial charge on any atom is -0.481 e. The third-order valence-corrected chi connectivity index (χ3v) is 4.42. The zero-order valence-corrected chi connectivity index (χ0v) is 13.9. The third kappa shape index (κ3) is 3.05. The van der Waals surface area contributed by atoms with Crippen LogP contribution in [0.4, 0.5) is 8.78 Å². The van der Waals surface area contributed by atoms with Crippen molar-refractivity contribution in [2.45, 2.75) is 6.42 Å². The lowest BCUT2D eigenvalue weighted by molar-refractivity contribution is -0.151. The summed E-state index contributed by atoms with van der Waals surface area (Å²) in [6, 6.07) is 3.31. The fourth-order valence-electron chi connectivity index (χ4n) is 3.03. The summed E-state index contributed by atoms with van der Waals surface area (Å²) in [5, 5.41) is 9.44. The van der Waals surface area contributed by atoms with Gasteiger partial charge in [-0.2, -0.15) is 0 Å². The molecule has 7 nitrogen and oxygen atoms in total. The lowest BCUT2D eigenvalue weighted by atomic mass is 9.88. The van der Waals surface area contributed by atoms with Gasteiger partial charge in [0, 0.05) is 20.2 Å². The van der Waals surface area contributed by atoms with Crippen molar-refractivity contribution in [1.82, 2.24) is 9.88 Å². The number of aromatic nitrogens is 1. The zero-order chi connectivity index (χ0) is 18.9. The van der Waals surface area contributed by atoms with E-state index in [0.717, 1.165) is 18.4 Å². The van der Waals surface area contributed by atoms with Crippen LogP contribution in [-0.4, -0.2) is 53.7 Å². The van der Waals surface area contributed by atoms with E-state index < -0.39 is 34.5 Å². The van der Waals surface area contributed by atoms with Gasteiger partial charge < -0.3 is 19.2 Å². The van der Waals surface area contributed by atoms with Gasteiger partial charge >= 0.3 is 5.97 Å². The number of oxazole rings is 1. The van der Waals surface area contributed by atoms with Gasteiger partial charge in [-0.1, -0.05) is 6.07 Å². The highest BCUT2D eigenvalue weighted by Gasteiger charge is 2.47. The second kappa shape index (κ2) is 6.83. The summed E-state index contributed by atoms with van der Waals surface area (Å²) in [4.78, 5) is 29.3. The number of carbonyl (C=O) groups is 2. The molecule has 1 N–H and O–H groups in total. The van der Waals surface area contributed by atoms with Gasteiger partial charge in [-0.3, -0.25) is 9.59 Å². The standard InChI is InChI=1S/C17H16F2N2O5/c1-25-9-17(16(23)24)5-6-21(8-17)15(22)12-7-26-14(20-12)13-10(18)3-2-4-11(13)19/h2-4,7H,5-6,8-9H2,1H3,(H,23,24). The maximum Gasteiger partial charge on any atom is 0.313 e. The molecule has 26 heavy (non-hydrogen) atoms. The Morgan fingerprint density at radius 3 is 2.69 bits per heavy atom. The molecular formula is C17H16F2N2O5. The van der Waals surface area contributed by atoms with Gasteiger partial charge in [-0.15, -0.1) is 0 Å². The maximum absolute atomic E-state index is 13.8. The van der Waals surface area contributed by atoms with E-state index in [0.29, 0.717) is 0 Å². The van der Waals surface area contributed by atoms with Gasteiger partial charge in [0.2, 0.25) is 5.89 Å². The molecule has 1 amide bonds. The SMILES string of the molecule is COCC1(C(=O)O)CCN(C(=O)c2coc(-c3c(F)cccc3F)n2)C1. The first kappa shape index (κ1) is 18.0. The van der Waals surface area contributed by atoms with Gasteiger partial charge in [-0.05, 0) is 18.6 Å². The molecule has 3 rings (SSSR count). The Bertz CT molecular complexity index is 833. The molecule has 9 heteroatoms. The monoisotopic (exact) mass is 366 g/mol. The number of amides is 1. The van der Waals surface area contributed by atoms with Gasteiger partial charge in [-0.25, -0.2) is 13.8 Å². The first-order chi connectivity index (χ1) is 12.4. The molecule has 2 aromatic rings. The molecule has 0 aliphatic carbocycles. The average molecular weight is 366 g/mol. The zero-order valence-electron chi connectivity index (χ0n) is 13.9. The largest absolute Gasteiger partial charge is 0.481 e. The Labute approximate surface area is 147 Å². The number of methoxy groups -OCH3 is 1. The Morgan fingerprint density at radius 1 is 1.38 bits per heavy atom. The average Bonchev–Trinajstić information content (AvgIpc) is 3.23. The summed E-state index contributed by atoms with van der Waals surface area (Å²) >= 11 is 0. The number of hydrogen-bond acceptors (Lipinski definition) is 5. The molecule has 1 saturated heterocycles. The number of carbonyl (C=O) groups excluding carboxylic acids is 1. The molecule has 0 saturated carbocycles. The first-order valence-corrected chi connectivity index (χ1v) is 7.79. The van der Waals surface area contributed by atoms with E-state index in [1.807, 2.05) is 0 Å². The minimum absolute atomic E-state index is 0.0311. The second-order valence-electron chi connectivity index (χ2n) is 6.13. The van der Waals surface area contributed by atoms with E-state index in [2.05, 4.69) is 4.98 Å². The molecule has 1 aliphatic rings. The number of carboxylic acid groups (broad SMARTS) is 1. The highest BCUT2D eigenvalue weighted by atomic mass is 19.1. The van der Waals surface area contributed by atoms with Crippen LogP contribution < -0.4 is 0 Å². The number of nitrogens with zero attached hydrogens (tertiary/aromatic N) is 2. The molecular weight excluding hydrogens is 350 g/mol. The number of ether oxygens (including phenoxy) is 1. The van der Waals surface area contributed by atoms with Crippen molar-refractivity contribution >= 4 is 11.9 Å². The van der Waals surface area contributed by atoms with Crippen molar-refractivity contribution in [3.63, 3.8) is 0 Å². The predicted molar refractivity (Wildman–Crippen MR) is 84.3 cm³/mol. The summed E-state index contributed by atoms with van der Waals surface area (Å²) in [6.45, 7) is 0.118. The van der Waals surface area contributed by atoms with E-state index in [-0.39, 0.29) is 37.7 Å². The van der Waals surface area contributed by atoms with Crippen molar-refractivity contribution in [3.8, 4) is 11.5 Å². The number of benzene rings is 1. The Kier molecular flexibility index (Phi) is 4.73. The summed E-state index contributed by atoms with van der Waals surface area (Å²) in [7, 11) is 1.39. The highest BCUT2D eigenvalue weighted by molar-refractivity contribution is 5.93. The lowest BCUT2D eigenvalue weighted by Crippen LogP contribution is -2.40. The molecule has 1 unspecified atom stereocenters. The Balaban J connectivity index is 1.82. The predicted octanol–water partition coefficient (Wildman–Crippen LogP) is 2.18. The Hall–Kier alpha value is -2.81. The van der Waals surface area contributed by atoms with Gasteiger partial charge in [0.25, 0.3) is 5.91 Å². The van der Waals surface area contributed by atoms with Crippen LogP contribution in [0.5, 0.6) is 0 Å². The van der Waals surface area contributed by atoms with Crippen molar-refractivity contribution < 1.29 is 32.6 Å². The first-order valence-electron chi connectivity index (χ1n) is 7.79. The molecule has 0 spiro atoms. The molecule has 2 heterocycles. The number of likely N-dealkylation sites (tertiary alicyclic amines) is 1. The van der Waals surface area contributed by atoms with Gasteiger partial charge in [0.05, 0.1) is 6.61 Å². The van der Waals surface area contributed by atoms with E-state index in [1.165, 1.54) is 18.1 Å². The molecule has 0 radical (unpaired) electrons. The van der Waals surface area contributed by atoms with Crippen LogP contribution in [-0.2, 0) is 9.53 Å². The maximum atomic E-state index is 13.8. The van der Waals surface area contributed by atoms with Crippen molar-refractivity contribution in [2.24, 2.45) is 5.41 Å². The highest BCUT2D eigenvalue weighted by Crippen LogP contribution is 2.32. The Morgan fingerprint density at radius 2 is 2.08 bits per heavy atom. The van der Waals surface area contributed by atoms with Crippen molar-refractivity contribution in [1.29, 1.82) is 0 Å². The number of halogens is 2. The summed E-state index contributed by atoms with van der Waals surface area (Å²) in [5.74, 6) is -3.71. The normalized spacial score (nSPS) is 19.7. The molecule has 1 atom stereocenters. The van der Waals surface area contributed by atoms with Crippen LogP contribution in [0.15, 0.2) is 28.9 Å². The third-order valence-electron chi connectivity index (χ3n) is 4.42. The number of aliphatic carboxylic acids is 1. The molecule has 1 aromatic carbocycles. The van der Waals surface area contributed by atoms with Crippen LogP contribution in [0.2, 0.25) is 0 Å². The van der Waals surface area contributed by atoms with Crippen LogP contribution in [0.25, 0.3) is 11.5 Å². The molecule has 138 valence electrons. The molecule has 1 fully saturated rings. The minimum atomic E-state index is -1.19. The molecule has 0 bridgehead atoms. The van der Waals surface area contributed by atoms with Crippen molar-refractivity contribution in [2.75, 3.05) is 26.8 Å².